The number of likely N-dealkylation sites (tertiary alicyclic amines) is 1. The largest absolute Gasteiger partial charge is 0.481 e. The number of aliphatic carboxylic acids is 1. The fourth-order valence-corrected chi connectivity index (χ4v) is 4.16. The van der Waals surface area contributed by atoms with E-state index in [1.54, 1.807) is 0 Å². The molecule has 1 aliphatic carbocycles. The van der Waals surface area contributed by atoms with Crippen molar-refractivity contribution in [2.24, 2.45) is 5.92 Å². The number of carboxylic acid groups (broad SMARTS) is 1. The highest BCUT2D eigenvalue weighted by molar-refractivity contribution is 6.10. The maximum atomic E-state index is 13.0. The van der Waals surface area contributed by atoms with Gasteiger partial charge in [-0.2, -0.15) is 0 Å². The average molecular weight is 394 g/mol. The number of carbonyl (C=O) groups is 4. The number of nitrogens with zero attached hydrogens (tertiary/aromatic N) is 2. The number of rotatable bonds is 3. The molecule has 1 spiro atoms. The molecule has 2 unspecified atom stereocenters. The summed E-state index contributed by atoms with van der Waals surface area (Å²) >= 11 is 0. The quantitative estimate of drug-likeness (QED) is 0.736. The van der Waals surface area contributed by atoms with E-state index in [0.29, 0.717) is 25.8 Å². The zero-order valence-corrected chi connectivity index (χ0v) is 15.3. The molecule has 0 saturated carbocycles. The van der Waals surface area contributed by atoms with Gasteiger partial charge in [0.1, 0.15) is 12.1 Å². The molecule has 2 saturated heterocycles. The fourth-order valence-electron chi connectivity index (χ4n) is 4.16. The molecule has 0 radical (unpaired) electrons. The molecule has 0 aromatic heterocycles. The Morgan fingerprint density at radius 1 is 1.26 bits per heavy atom. The van der Waals surface area contributed by atoms with E-state index in [1.165, 1.54) is 4.90 Å². The van der Waals surface area contributed by atoms with Crippen molar-refractivity contribution in [1.82, 2.24) is 15.1 Å². The summed E-state index contributed by atoms with van der Waals surface area (Å²) in [6.07, 6.45) is 1.56. The normalized spacial score (nSPS) is 26.1. The van der Waals surface area contributed by atoms with Crippen molar-refractivity contribution in [2.45, 2.75) is 24.8 Å². The van der Waals surface area contributed by atoms with Gasteiger partial charge in [0.05, 0.1) is 5.92 Å². The van der Waals surface area contributed by atoms with Crippen molar-refractivity contribution in [3.8, 4) is 0 Å². The van der Waals surface area contributed by atoms with Crippen molar-refractivity contribution in [3.05, 3.63) is 35.4 Å². The molecule has 1 aromatic rings. The fraction of sp³-hybridized carbons (Fsp3) is 0.444. The van der Waals surface area contributed by atoms with Crippen LogP contribution in [0.15, 0.2) is 24.3 Å². The van der Waals surface area contributed by atoms with Gasteiger partial charge in [0.15, 0.2) is 0 Å². The van der Waals surface area contributed by atoms with E-state index in [0.717, 1.165) is 16.0 Å². The molecule has 2 aliphatic heterocycles. The highest BCUT2D eigenvalue weighted by atomic mass is 35.5. The Hall–Kier alpha value is -2.61. The number of fused-ring (bicyclic) bond motifs is 2. The van der Waals surface area contributed by atoms with Crippen LogP contribution in [0, 0.1) is 5.92 Å². The van der Waals surface area contributed by atoms with E-state index in [2.05, 4.69) is 5.32 Å². The molecule has 8 nitrogen and oxygen atoms in total. The van der Waals surface area contributed by atoms with Crippen molar-refractivity contribution in [2.75, 3.05) is 19.6 Å². The van der Waals surface area contributed by atoms with Crippen LogP contribution in [0.2, 0.25) is 0 Å². The Kier molecular flexibility index (Phi) is 4.86. The van der Waals surface area contributed by atoms with Crippen LogP contribution in [0.1, 0.15) is 24.0 Å². The van der Waals surface area contributed by atoms with Gasteiger partial charge in [0.2, 0.25) is 5.91 Å². The molecule has 2 fully saturated rings. The van der Waals surface area contributed by atoms with E-state index >= 15 is 0 Å². The molecular formula is C18H20ClN3O5. The van der Waals surface area contributed by atoms with Gasteiger partial charge in [0, 0.05) is 13.1 Å². The number of urea groups is 1. The second-order valence-corrected chi connectivity index (χ2v) is 7.05. The second-order valence-electron chi connectivity index (χ2n) is 7.05. The Balaban J connectivity index is 0.00000210. The van der Waals surface area contributed by atoms with Crippen LogP contribution >= 0.6 is 12.4 Å². The Bertz CT molecular complexity index is 829. The van der Waals surface area contributed by atoms with Gasteiger partial charge in [-0.1, -0.05) is 24.3 Å². The van der Waals surface area contributed by atoms with Crippen LogP contribution in [-0.4, -0.2) is 58.4 Å². The molecular weight excluding hydrogens is 374 g/mol. The average Bonchev–Trinajstić information content (AvgIpc) is 3.30. The predicted molar refractivity (Wildman–Crippen MR) is 96.3 cm³/mol. The van der Waals surface area contributed by atoms with Crippen LogP contribution < -0.4 is 5.32 Å². The minimum atomic E-state index is -1.08. The number of nitrogens with one attached hydrogen (secondary N) is 1. The van der Waals surface area contributed by atoms with Gasteiger partial charge < -0.3 is 15.3 Å². The lowest BCUT2D eigenvalue weighted by molar-refractivity contribution is -0.142. The number of carbonyl (C=O) groups excluding carboxylic acids is 3. The van der Waals surface area contributed by atoms with Gasteiger partial charge in [-0.15, -0.1) is 12.4 Å². The molecule has 2 atom stereocenters. The molecule has 3 aliphatic rings. The van der Waals surface area contributed by atoms with E-state index in [-0.39, 0.29) is 25.5 Å². The number of benzene rings is 1. The molecule has 27 heavy (non-hydrogen) atoms. The van der Waals surface area contributed by atoms with Crippen molar-refractivity contribution in [3.63, 3.8) is 0 Å². The number of hydrogen-bond donors (Lipinski definition) is 2. The smallest absolute Gasteiger partial charge is 0.325 e. The number of hydrogen-bond acceptors (Lipinski definition) is 4. The van der Waals surface area contributed by atoms with E-state index < -0.39 is 35.3 Å². The van der Waals surface area contributed by atoms with Crippen molar-refractivity contribution in [1.29, 1.82) is 0 Å². The van der Waals surface area contributed by atoms with Gasteiger partial charge >= 0.3 is 12.0 Å². The van der Waals surface area contributed by atoms with Crippen LogP contribution in [0.3, 0.4) is 0 Å². The maximum Gasteiger partial charge on any atom is 0.325 e. The van der Waals surface area contributed by atoms with Crippen molar-refractivity contribution < 1.29 is 24.3 Å². The van der Waals surface area contributed by atoms with Gasteiger partial charge in [-0.05, 0) is 30.4 Å². The van der Waals surface area contributed by atoms with Crippen LogP contribution in [0.25, 0.3) is 0 Å². The molecule has 0 bridgehead atoms. The van der Waals surface area contributed by atoms with Crippen LogP contribution in [0.5, 0.6) is 0 Å². The lowest BCUT2D eigenvalue weighted by Crippen LogP contribution is -2.44. The number of amides is 4. The molecule has 4 amide bonds. The molecule has 9 heteroatoms. The summed E-state index contributed by atoms with van der Waals surface area (Å²) < 4.78 is 0. The zero-order chi connectivity index (χ0) is 18.5. The van der Waals surface area contributed by atoms with E-state index in [4.69, 9.17) is 5.11 Å². The molecule has 2 heterocycles. The standard InChI is InChI=1S/C18H19N3O5.ClH/c22-14(20-8-6-12(9-20)15(23)24)10-21-16(25)18(19-17(21)26)7-5-11-3-1-2-4-13(11)18;/h1-4,12H,5-10H2,(H,19,26)(H,23,24);1H. The summed E-state index contributed by atoms with van der Waals surface area (Å²) in [7, 11) is 0. The molecule has 144 valence electrons. The predicted octanol–water partition coefficient (Wildman–Crippen LogP) is 0.735. The third-order valence-corrected chi connectivity index (χ3v) is 5.61. The minimum absolute atomic E-state index is 0. The van der Waals surface area contributed by atoms with E-state index in [1.807, 2.05) is 24.3 Å². The number of aryl methyl sites for hydroxylation is 1. The Morgan fingerprint density at radius 3 is 2.70 bits per heavy atom. The first kappa shape index (κ1) is 19.2. The molecule has 2 N–H and O–H groups in total. The Labute approximate surface area is 161 Å². The first-order chi connectivity index (χ1) is 12.4. The lowest BCUT2D eigenvalue weighted by atomic mass is 9.92. The maximum absolute atomic E-state index is 13.0. The van der Waals surface area contributed by atoms with Gasteiger partial charge in [-0.3, -0.25) is 19.3 Å². The SMILES string of the molecule is Cl.O=C(O)C1CCN(C(=O)CN2C(=O)NC3(CCc4ccccc43)C2=O)C1. The van der Waals surface area contributed by atoms with Crippen LogP contribution in [0.4, 0.5) is 4.79 Å². The summed E-state index contributed by atoms with van der Waals surface area (Å²) in [5, 5.41) is 11.8. The summed E-state index contributed by atoms with van der Waals surface area (Å²) in [5.41, 5.74) is 0.737. The summed E-state index contributed by atoms with van der Waals surface area (Å²) in [6, 6.07) is 6.92. The molecule has 1 aromatic carbocycles. The van der Waals surface area contributed by atoms with Crippen LogP contribution in [-0.2, 0) is 26.3 Å². The number of halogens is 1. The summed E-state index contributed by atoms with van der Waals surface area (Å²) in [6.45, 7) is 0.0835. The highest BCUT2D eigenvalue weighted by Crippen LogP contribution is 2.41. The molecule has 4 rings (SSSR count). The number of carboxylic acids is 1. The summed E-state index contributed by atoms with van der Waals surface area (Å²) in [4.78, 5) is 51.3. The van der Waals surface area contributed by atoms with E-state index in [9.17, 15) is 19.2 Å². The monoisotopic (exact) mass is 393 g/mol. The third-order valence-electron chi connectivity index (χ3n) is 5.61. The highest BCUT2D eigenvalue weighted by Gasteiger charge is 2.55. The second kappa shape index (κ2) is 6.84. The summed E-state index contributed by atoms with van der Waals surface area (Å²) in [5.74, 6) is -2.33. The minimum Gasteiger partial charge on any atom is -0.481 e. The van der Waals surface area contributed by atoms with Crippen molar-refractivity contribution >= 4 is 36.2 Å². The number of imide groups is 1. The topological polar surface area (TPSA) is 107 Å². The Morgan fingerprint density at radius 2 is 2.00 bits per heavy atom. The lowest BCUT2D eigenvalue weighted by Gasteiger charge is -2.23. The zero-order valence-electron chi connectivity index (χ0n) is 14.5. The van der Waals surface area contributed by atoms with Gasteiger partial charge in [-0.25, -0.2) is 4.79 Å². The first-order valence-electron chi connectivity index (χ1n) is 8.65. The third kappa shape index (κ3) is 2.93. The van der Waals surface area contributed by atoms with Gasteiger partial charge in [0.25, 0.3) is 5.91 Å². The first-order valence-corrected chi connectivity index (χ1v) is 8.65.